The number of nitrogens with one attached hydrogen (secondary N) is 1. The van der Waals surface area contributed by atoms with E-state index in [1.165, 1.54) is 61.6 Å². The monoisotopic (exact) mass is 603 g/mol. The molecule has 3 aliphatic rings. The molecule has 0 radical (unpaired) electrons. The molecular weight excluding hydrogens is 571 g/mol. The van der Waals surface area contributed by atoms with E-state index in [4.69, 9.17) is 0 Å². The Kier molecular flexibility index (Phi) is 6.50. The summed E-state index contributed by atoms with van der Waals surface area (Å²) in [7, 11) is 0. The highest BCUT2D eigenvalue weighted by Crippen LogP contribution is 2.62. The molecule has 0 amide bonds. The summed E-state index contributed by atoms with van der Waals surface area (Å²) in [5, 5.41) is 3.88. The first kappa shape index (κ1) is 27.4. The third-order valence-electron chi connectivity index (χ3n) is 9.75. The number of allylic oxidation sites excluding steroid dienone is 3. The Morgan fingerprint density at radius 2 is 1.28 bits per heavy atom. The minimum absolute atomic E-state index is 0.476. The van der Waals surface area contributed by atoms with Crippen LogP contribution in [0.5, 0.6) is 0 Å². The van der Waals surface area contributed by atoms with Crippen LogP contribution in [0.4, 0.5) is 17.1 Å². The van der Waals surface area contributed by atoms with Gasteiger partial charge in [0.2, 0.25) is 0 Å². The zero-order chi connectivity index (χ0) is 31.2. The van der Waals surface area contributed by atoms with E-state index in [1.807, 2.05) is 24.4 Å². The van der Waals surface area contributed by atoms with Crippen LogP contribution in [-0.4, -0.2) is 12.8 Å². The van der Waals surface area contributed by atoms with Gasteiger partial charge < -0.3 is 10.2 Å². The predicted octanol–water partition coefficient (Wildman–Crippen LogP) is 9.97. The standard InChI is InChI=1S/C44H33N3/c1-3-12-31(13-4-1)29-45-30-32-21-23-33(24-22-32)34-25-26-36-37-16-11-27-46-43(37)44(40(36)28-34)38-17-7-9-19-41(38)47(35-14-5-2-6-15-35)42-20-10-8-18-39(42)44/h1-26,28-29,46H,27,30H2. The van der Waals surface area contributed by atoms with Gasteiger partial charge in [0.15, 0.2) is 0 Å². The van der Waals surface area contributed by atoms with Gasteiger partial charge in [-0.3, -0.25) is 4.99 Å². The van der Waals surface area contributed by atoms with Gasteiger partial charge in [-0.15, -0.1) is 0 Å². The Bertz CT molecular complexity index is 2160. The molecule has 47 heavy (non-hydrogen) atoms. The molecule has 6 aromatic carbocycles. The molecule has 0 saturated heterocycles. The molecule has 0 atom stereocenters. The second kappa shape index (κ2) is 11.1. The Labute approximate surface area is 275 Å². The number of hydrogen-bond donors (Lipinski definition) is 1. The van der Waals surface area contributed by atoms with E-state index in [-0.39, 0.29) is 0 Å². The molecule has 6 aromatic rings. The molecule has 2 heterocycles. The number of rotatable bonds is 5. The smallest absolute Gasteiger partial charge is 0.0901 e. The molecule has 1 spiro atoms. The maximum Gasteiger partial charge on any atom is 0.0901 e. The van der Waals surface area contributed by atoms with Crippen molar-refractivity contribution >= 4 is 28.8 Å². The third kappa shape index (κ3) is 4.31. The molecule has 0 aromatic heterocycles. The lowest BCUT2D eigenvalue weighted by Gasteiger charge is -2.46. The highest BCUT2D eigenvalue weighted by molar-refractivity contribution is 5.98. The number of benzene rings is 6. The van der Waals surface area contributed by atoms with Crippen LogP contribution in [0.1, 0.15) is 33.4 Å². The largest absolute Gasteiger partial charge is 0.383 e. The third-order valence-corrected chi connectivity index (χ3v) is 9.75. The summed E-state index contributed by atoms with van der Waals surface area (Å²) >= 11 is 0. The molecule has 2 aliphatic heterocycles. The Balaban J connectivity index is 1.19. The Hall–Kier alpha value is -5.93. The maximum absolute atomic E-state index is 4.68. The molecule has 224 valence electrons. The van der Waals surface area contributed by atoms with Crippen molar-refractivity contribution in [1.29, 1.82) is 0 Å². The number of nitrogens with zero attached hydrogens (tertiary/aromatic N) is 2. The first-order valence-corrected chi connectivity index (χ1v) is 16.3. The summed E-state index contributed by atoms with van der Waals surface area (Å²) in [6, 6.07) is 54.9. The Morgan fingerprint density at radius 1 is 0.638 bits per heavy atom. The average Bonchev–Trinajstić information content (AvgIpc) is 3.43. The second-order valence-electron chi connectivity index (χ2n) is 12.4. The van der Waals surface area contributed by atoms with Crippen molar-refractivity contribution in [2.75, 3.05) is 11.4 Å². The zero-order valence-electron chi connectivity index (χ0n) is 26.0. The van der Waals surface area contributed by atoms with E-state index >= 15 is 0 Å². The van der Waals surface area contributed by atoms with Crippen LogP contribution in [0, 0.1) is 0 Å². The van der Waals surface area contributed by atoms with Crippen LogP contribution in [0.15, 0.2) is 175 Å². The van der Waals surface area contributed by atoms with Gasteiger partial charge in [0, 0.05) is 29.7 Å². The van der Waals surface area contributed by atoms with Crippen molar-refractivity contribution in [1.82, 2.24) is 5.32 Å². The van der Waals surface area contributed by atoms with Crippen molar-refractivity contribution in [3.63, 3.8) is 0 Å². The SMILES string of the molecule is C1=CC2=C(NC1)C1(c3cc(-c4ccc(CN=Cc5ccccc5)cc4)ccc32)c2ccccc2N(c2ccccc2)c2ccccc21. The topological polar surface area (TPSA) is 27.6 Å². The quantitative estimate of drug-likeness (QED) is 0.199. The number of para-hydroxylation sites is 3. The predicted molar refractivity (Wildman–Crippen MR) is 195 cm³/mol. The summed E-state index contributed by atoms with van der Waals surface area (Å²) < 4.78 is 0. The minimum Gasteiger partial charge on any atom is -0.383 e. The molecular formula is C44H33N3. The maximum atomic E-state index is 4.68. The summed E-state index contributed by atoms with van der Waals surface area (Å²) in [6.45, 7) is 1.46. The molecule has 0 fully saturated rings. The number of anilines is 3. The van der Waals surface area contributed by atoms with Crippen LogP contribution in [0.3, 0.4) is 0 Å². The number of dihydropyridines is 1. The number of fused-ring (bicyclic) bond motifs is 8. The molecule has 9 rings (SSSR count). The zero-order valence-corrected chi connectivity index (χ0v) is 26.0. The molecule has 1 N–H and O–H groups in total. The van der Waals surface area contributed by atoms with Gasteiger partial charge in [0.1, 0.15) is 0 Å². The molecule has 0 saturated carbocycles. The first-order valence-electron chi connectivity index (χ1n) is 16.3. The summed E-state index contributed by atoms with van der Waals surface area (Å²) in [5.41, 5.74) is 15.6. The van der Waals surface area contributed by atoms with Gasteiger partial charge in [0.05, 0.1) is 23.3 Å². The second-order valence-corrected chi connectivity index (χ2v) is 12.4. The van der Waals surface area contributed by atoms with Gasteiger partial charge in [-0.05, 0) is 74.8 Å². The van der Waals surface area contributed by atoms with Crippen molar-refractivity contribution in [3.8, 4) is 11.1 Å². The molecule has 0 bridgehead atoms. The lowest BCUT2D eigenvalue weighted by Crippen LogP contribution is -2.41. The van der Waals surface area contributed by atoms with Crippen LogP contribution >= 0.6 is 0 Å². The highest BCUT2D eigenvalue weighted by Gasteiger charge is 2.53. The summed E-state index contributed by atoms with van der Waals surface area (Å²) in [4.78, 5) is 7.11. The van der Waals surface area contributed by atoms with Crippen molar-refractivity contribution in [2.24, 2.45) is 4.99 Å². The lowest BCUT2D eigenvalue weighted by atomic mass is 9.65. The van der Waals surface area contributed by atoms with Gasteiger partial charge in [0.25, 0.3) is 0 Å². The number of aliphatic imine (C=N–C) groups is 1. The summed E-state index contributed by atoms with van der Waals surface area (Å²) in [5.74, 6) is 0. The van der Waals surface area contributed by atoms with E-state index in [1.54, 1.807) is 0 Å². The fourth-order valence-corrected chi connectivity index (χ4v) is 7.74. The fourth-order valence-electron chi connectivity index (χ4n) is 7.74. The van der Waals surface area contributed by atoms with Crippen molar-refractivity contribution < 1.29 is 0 Å². The van der Waals surface area contributed by atoms with Crippen molar-refractivity contribution in [3.05, 3.63) is 203 Å². The normalized spacial score (nSPS) is 15.3. The van der Waals surface area contributed by atoms with Gasteiger partial charge >= 0.3 is 0 Å². The van der Waals surface area contributed by atoms with E-state index in [2.05, 4.69) is 161 Å². The lowest BCUT2D eigenvalue weighted by molar-refractivity contribution is 0.659. The Morgan fingerprint density at radius 3 is 2.00 bits per heavy atom. The minimum atomic E-state index is -0.476. The highest BCUT2D eigenvalue weighted by atomic mass is 15.2. The van der Waals surface area contributed by atoms with E-state index in [9.17, 15) is 0 Å². The fraction of sp³-hybridized carbons (Fsp3) is 0.0682. The van der Waals surface area contributed by atoms with E-state index in [0.717, 1.165) is 17.8 Å². The molecule has 0 unspecified atom stereocenters. The molecule has 1 aliphatic carbocycles. The van der Waals surface area contributed by atoms with Gasteiger partial charge in [-0.2, -0.15) is 0 Å². The average molecular weight is 604 g/mol. The van der Waals surface area contributed by atoms with E-state index < -0.39 is 5.41 Å². The number of hydrogen-bond acceptors (Lipinski definition) is 3. The molecule has 3 heteroatoms. The summed E-state index contributed by atoms with van der Waals surface area (Å²) in [6.07, 6.45) is 6.51. The van der Waals surface area contributed by atoms with E-state index in [0.29, 0.717) is 6.54 Å². The van der Waals surface area contributed by atoms with Crippen LogP contribution in [0.2, 0.25) is 0 Å². The van der Waals surface area contributed by atoms with Crippen LogP contribution in [0.25, 0.3) is 16.7 Å². The van der Waals surface area contributed by atoms with Crippen LogP contribution < -0.4 is 10.2 Å². The van der Waals surface area contributed by atoms with Gasteiger partial charge in [-0.1, -0.05) is 133 Å². The van der Waals surface area contributed by atoms with Gasteiger partial charge in [-0.25, -0.2) is 0 Å². The van der Waals surface area contributed by atoms with Crippen LogP contribution in [-0.2, 0) is 12.0 Å². The first-order chi connectivity index (χ1) is 23.3. The van der Waals surface area contributed by atoms with Crippen molar-refractivity contribution in [2.45, 2.75) is 12.0 Å². The molecule has 3 nitrogen and oxygen atoms in total.